The lowest BCUT2D eigenvalue weighted by Gasteiger charge is -2.36. The van der Waals surface area contributed by atoms with Gasteiger partial charge in [0.25, 0.3) is 0 Å². The molecule has 0 N–H and O–H groups in total. The van der Waals surface area contributed by atoms with Gasteiger partial charge in [-0.15, -0.1) is 0 Å². The zero-order valence-corrected chi connectivity index (χ0v) is 41.5. The average molecular weight is 966 g/mol. The summed E-state index contributed by atoms with van der Waals surface area (Å²) >= 11 is 0. The highest BCUT2D eigenvalue weighted by Gasteiger charge is 2.53. The van der Waals surface area contributed by atoms with Gasteiger partial charge in [-0.25, -0.2) is 0 Å². The number of fused-ring (bicyclic) bond motifs is 16. The van der Waals surface area contributed by atoms with Crippen LogP contribution in [0.1, 0.15) is 22.3 Å². The highest BCUT2D eigenvalue weighted by Crippen LogP contribution is 2.65. The van der Waals surface area contributed by atoms with Gasteiger partial charge in [-0.2, -0.15) is 0 Å². The maximum atomic E-state index is 2.52. The molecule has 0 atom stereocenters. The fourth-order valence-corrected chi connectivity index (χ4v) is 13.5. The van der Waals surface area contributed by atoms with Crippen molar-refractivity contribution in [3.05, 3.63) is 307 Å². The molecule has 16 rings (SSSR count). The van der Waals surface area contributed by atoms with Crippen molar-refractivity contribution in [2.75, 3.05) is 4.90 Å². The number of hydrogen-bond donors (Lipinski definition) is 0. The largest absolute Gasteiger partial charge is 0.310 e. The molecule has 0 unspecified atom stereocenters. The quantitative estimate of drug-likeness (QED) is 0.155. The van der Waals surface area contributed by atoms with E-state index in [1.54, 1.807) is 0 Å². The van der Waals surface area contributed by atoms with E-state index >= 15 is 0 Å². The van der Waals surface area contributed by atoms with Crippen LogP contribution in [0.25, 0.3) is 99.5 Å². The summed E-state index contributed by atoms with van der Waals surface area (Å²) < 4.78 is 4.80. The standard InChI is InChI=1S/C73H47N3/c1-3-19-51(20-4-1)75-67-34-16-11-27-62(67)71-55(28-17-35-68(71)75)49-39-44-54(45-40-49)74(53-42-37-48(38-43-53)50-41-46-60-59-26-10-15-33-66(59)76(70(60)47-50)52-21-5-2-6-22-52)69-36-18-29-61-58-25-9-14-32-65(58)73(72(61)69)63-30-12-7-23-56(63)57-24-8-13-31-64(57)73/h1-47H. The molecule has 2 aromatic heterocycles. The highest BCUT2D eigenvalue weighted by atomic mass is 15.1. The molecule has 354 valence electrons. The Bertz CT molecular complexity index is 4550. The Morgan fingerprint density at radius 2 is 0.711 bits per heavy atom. The third-order valence-corrected chi connectivity index (χ3v) is 16.5. The second kappa shape index (κ2) is 16.5. The predicted molar refractivity (Wildman–Crippen MR) is 317 cm³/mol. The van der Waals surface area contributed by atoms with Crippen molar-refractivity contribution >= 4 is 60.7 Å². The first-order valence-corrected chi connectivity index (χ1v) is 26.3. The Kier molecular flexibility index (Phi) is 9.25. The lowest BCUT2D eigenvalue weighted by Crippen LogP contribution is -2.28. The molecule has 76 heavy (non-hydrogen) atoms. The topological polar surface area (TPSA) is 13.1 Å². The van der Waals surface area contributed by atoms with E-state index in [4.69, 9.17) is 0 Å². The molecule has 3 heteroatoms. The van der Waals surface area contributed by atoms with E-state index in [2.05, 4.69) is 299 Å². The SMILES string of the molecule is c1ccc(-n2c3ccccc3c3ccc(-c4ccc(N(c5ccc(-c6cccc7c6c6ccccc6n7-c6ccccc6)cc5)c5cccc6c5C5(c7ccccc7-c7ccccc75)c5ccccc5-6)cc4)cc32)cc1. The van der Waals surface area contributed by atoms with Crippen LogP contribution in [0.4, 0.5) is 17.1 Å². The summed E-state index contributed by atoms with van der Waals surface area (Å²) in [5, 5.41) is 4.99. The van der Waals surface area contributed by atoms with Gasteiger partial charge in [-0.1, -0.05) is 206 Å². The summed E-state index contributed by atoms with van der Waals surface area (Å²) in [7, 11) is 0. The van der Waals surface area contributed by atoms with Gasteiger partial charge < -0.3 is 14.0 Å². The van der Waals surface area contributed by atoms with E-state index in [1.807, 2.05) is 0 Å². The Balaban J connectivity index is 0.896. The molecule has 2 aliphatic rings. The van der Waals surface area contributed by atoms with Gasteiger partial charge in [-0.05, 0) is 140 Å². The molecule has 0 amide bonds. The van der Waals surface area contributed by atoms with Crippen molar-refractivity contribution in [2.45, 2.75) is 5.41 Å². The van der Waals surface area contributed by atoms with E-state index in [-0.39, 0.29) is 0 Å². The maximum Gasteiger partial charge on any atom is 0.0746 e. The summed E-state index contributed by atoms with van der Waals surface area (Å²) in [6.45, 7) is 0. The van der Waals surface area contributed by atoms with E-state index in [1.165, 1.54) is 105 Å². The molecule has 1 spiro atoms. The third-order valence-electron chi connectivity index (χ3n) is 16.5. The fraction of sp³-hybridized carbons (Fsp3) is 0.0137. The van der Waals surface area contributed by atoms with Crippen molar-refractivity contribution in [1.82, 2.24) is 9.13 Å². The molecule has 2 heterocycles. The van der Waals surface area contributed by atoms with E-state index < -0.39 is 5.41 Å². The third kappa shape index (κ3) is 5.99. The van der Waals surface area contributed by atoms with Crippen LogP contribution in [0.3, 0.4) is 0 Å². The van der Waals surface area contributed by atoms with Gasteiger partial charge in [0, 0.05) is 49.9 Å². The van der Waals surface area contributed by atoms with Crippen LogP contribution in [-0.2, 0) is 5.41 Å². The van der Waals surface area contributed by atoms with Crippen LogP contribution < -0.4 is 4.90 Å². The van der Waals surface area contributed by atoms with Crippen molar-refractivity contribution in [2.24, 2.45) is 0 Å². The minimum Gasteiger partial charge on any atom is -0.310 e. The zero-order valence-electron chi connectivity index (χ0n) is 41.5. The first-order valence-electron chi connectivity index (χ1n) is 26.3. The molecule has 0 radical (unpaired) electrons. The normalized spacial score (nSPS) is 12.8. The Morgan fingerprint density at radius 3 is 1.34 bits per heavy atom. The maximum absolute atomic E-state index is 2.52. The summed E-state index contributed by atoms with van der Waals surface area (Å²) in [5.41, 5.74) is 25.0. The molecule has 0 fully saturated rings. The van der Waals surface area contributed by atoms with Crippen LogP contribution in [0.5, 0.6) is 0 Å². The predicted octanol–water partition coefficient (Wildman–Crippen LogP) is 19.0. The van der Waals surface area contributed by atoms with E-state index in [0.717, 1.165) is 34.0 Å². The van der Waals surface area contributed by atoms with Crippen molar-refractivity contribution < 1.29 is 0 Å². The zero-order chi connectivity index (χ0) is 49.9. The number of nitrogens with zero attached hydrogens (tertiary/aromatic N) is 3. The molecule has 3 nitrogen and oxygen atoms in total. The Hall–Kier alpha value is -9.96. The lowest BCUT2D eigenvalue weighted by atomic mass is 9.70. The molecule has 2 aliphatic carbocycles. The Labute approximate surface area is 441 Å². The van der Waals surface area contributed by atoms with Gasteiger partial charge in [-0.3, -0.25) is 0 Å². The van der Waals surface area contributed by atoms with Crippen LogP contribution in [0, 0.1) is 0 Å². The van der Waals surface area contributed by atoms with Crippen LogP contribution in [-0.4, -0.2) is 9.13 Å². The van der Waals surface area contributed by atoms with Crippen molar-refractivity contribution in [3.8, 4) is 55.9 Å². The summed E-state index contributed by atoms with van der Waals surface area (Å²) in [6.07, 6.45) is 0. The second-order valence-corrected chi connectivity index (χ2v) is 20.3. The van der Waals surface area contributed by atoms with Crippen LogP contribution in [0.15, 0.2) is 285 Å². The summed E-state index contributed by atoms with van der Waals surface area (Å²) in [6, 6.07) is 106. The summed E-state index contributed by atoms with van der Waals surface area (Å²) in [4.78, 5) is 2.52. The van der Waals surface area contributed by atoms with Gasteiger partial charge >= 0.3 is 0 Å². The fourth-order valence-electron chi connectivity index (χ4n) is 13.5. The molecule has 0 bridgehead atoms. The molecule has 14 aromatic rings. The van der Waals surface area contributed by atoms with E-state index in [0.29, 0.717) is 0 Å². The number of hydrogen-bond acceptors (Lipinski definition) is 1. The lowest BCUT2D eigenvalue weighted by molar-refractivity contribution is 0.793. The second-order valence-electron chi connectivity index (χ2n) is 20.3. The molecule has 0 saturated carbocycles. The molecular formula is C73H47N3. The minimum absolute atomic E-state index is 0.539. The monoisotopic (exact) mass is 965 g/mol. The van der Waals surface area contributed by atoms with Crippen LogP contribution in [0.2, 0.25) is 0 Å². The number of rotatable bonds is 7. The van der Waals surface area contributed by atoms with Crippen molar-refractivity contribution in [3.63, 3.8) is 0 Å². The smallest absolute Gasteiger partial charge is 0.0746 e. The number of aromatic nitrogens is 2. The van der Waals surface area contributed by atoms with Gasteiger partial charge in [0.05, 0.1) is 33.2 Å². The average Bonchev–Trinajstić information content (AvgIpc) is 4.41. The van der Waals surface area contributed by atoms with Gasteiger partial charge in [0.1, 0.15) is 0 Å². The Morgan fingerprint density at radius 1 is 0.276 bits per heavy atom. The molecule has 0 aliphatic heterocycles. The number of benzene rings is 12. The first-order chi connectivity index (χ1) is 37.7. The van der Waals surface area contributed by atoms with Gasteiger partial charge in [0.2, 0.25) is 0 Å². The summed E-state index contributed by atoms with van der Waals surface area (Å²) in [5.74, 6) is 0. The van der Waals surface area contributed by atoms with Crippen LogP contribution >= 0.6 is 0 Å². The molecule has 0 saturated heterocycles. The molecular weight excluding hydrogens is 919 g/mol. The first kappa shape index (κ1) is 42.5. The highest BCUT2D eigenvalue weighted by molar-refractivity contribution is 6.16. The number of para-hydroxylation sites is 4. The number of anilines is 3. The minimum atomic E-state index is -0.539. The molecule has 12 aromatic carbocycles. The van der Waals surface area contributed by atoms with Crippen molar-refractivity contribution in [1.29, 1.82) is 0 Å². The van der Waals surface area contributed by atoms with Gasteiger partial charge in [0.15, 0.2) is 0 Å². The van der Waals surface area contributed by atoms with E-state index in [9.17, 15) is 0 Å².